The summed E-state index contributed by atoms with van der Waals surface area (Å²) in [5, 5.41) is 8.14. The molecule has 0 aromatic rings. The first-order valence-electron chi connectivity index (χ1n) is 1.80. The maximum atomic E-state index is 8.18. The van der Waals surface area contributed by atoms with Gasteiger partial charge in [0.1, 0.15) is 0 Å². The van der Waals surface area contributed by atoms with Crippen molar-refractivity contribution in [3.05, 3.63) is 0 Å². The lowest BCUT2D eigenvalue weighted by atomic mass is 10.5. The SMILES string of the molecule is Cl.NCC(S)CO. The van der Waals surface area contributed by atoms with Crippen LogP contribution in [0.4, 0.5) is 0 Å². The second-order valence-corrected chi connectivity index (χ2v) is 1.80. The average molecular weight is 144 g/mol. The van der Waals surface area contributed by atoms with Crippen molar-refractivity contribution in [1.82, 2.24) is 0 Å². The van der Waals surface area contributed by atoms with Crippen LogP contribution in [0.1, 0.15) is 0 Å². The predicted octanol–water partition coefficient (Wildman–Crippen LogP) is -0.342. The third-order valence-corrected chi connectivity index (χ3v) is 0.857. The maximum absolute atomic E-state index is 8.18. The van der Waals surface area contributed by atoms with E-state index < -0.39 is 0 Å². The van der Waals surface area contributed by atoms with Gasteiger partial charge in [-0.25, -0.2) is 0 Å². The zero-order valence-electron chi connectivity index (χ0n) is 3.87. The lowest BCUT2D eigenvalue weighted by Crippen LogP contribution is -2.17. The summed E-state index contributed by atoms with van der Waals surface area (Å²) in [6, 6.07) is 0. The van der Waals surface area contributed by atoms with Crippen molar-refractivity contribution in [3.63, 3.8) is 0 Å². The van der Waals surface area contributed by atoms with Crippen LogP contribution < -0.4 is 5.73 Å². The van der Waals surface area contributed by atoms with E-state index in [4.69, 9.17) is 10.8 Å². The van der Waals surface area contributed by atoms with E-state index in [1.165, 1.54) is 0 Å². The monoisotopic (exact) mass is 143 g/mol. The van der Waals surface area contributed by atoms with Crippen molar-refractivity contribution in [2.75, 3.05) is 13.2 Å². The molecule has 2 nitrogen and oxygen atoms in total. The first-order valence-corrected chi connectivity index (χ1v) is 2.32. The van der Waals surface area contributed by atoms with Crippen LogP contribution in [0.5, 0.6) is 0 Å². The second-order valence-electron chi connectivity index (χ2n) is 1.07. The van der Waals surface area contributed by atoms with Gasteiger partial charge in [0.15, 0.2) is 0 Å². The minimum Gasteiger partial charge on any atom is -0.395 e. The molecule has 7 heavy (non-hydrogen) atoms. The molecule has 0 radical (unpaired) electrons. The zero-order valence-corrected chi connectivity index (χ0v) is 5.58. The molecule has 1 atom stereocenters. The van der Waals surface area contributed by atoms with Crippen molar-refractivity contribution in [1.29, 1.82) is 0 Å². The van der Waals surface area contributed by atoms with E-state index >= 15 is 0 Å². The predicted molar refractivity (Wildman–Crippen MR) is 36.2 cm³/mol. The molecule has 0 bridgehead atoms. The normalized spacial score (nSPS) is 12.4. The highest BCUT2D eigenvalue weighted by Gasteiger charge is 1.91. The van der Waals surface area contributed by atoms with E-state index in [-0.39, 0.29) is 24.3 Å². The van der Waals surface area contributed by atoms with Crippen LogP contribution in [0.3, 0.4) is 0 Å². The van der Waals surface area contributed by atoms with E-state index in [0.717, 1.165) is 0 Å². The quantitative estimate of drug-likeness (QED) is 0.463. The Balaban J connectivity index is 0. The van der Waals surface area contributed by atoms with Crippen LogP contribution in [0.2, 0.25) is 0 Å². The van der Waals surface area contributed by atoms with Gasteiger partial charge in [0, 0.05) is 11.8 Å². The minimum atomic E-state index is -0.0370. The van der Waals surface area contributed by atoms with Crippen molar-refractivity contribution in [3.8, 4) is 0 Å². The van der Waals surface area contributed by atoms with Crippen LogP contribution in [0.15, 0.2) is 0 Å². The van der Waals surface area contributed by atoms with Crippen LogP contribution in [-0.2, 0) is 0 Å². The largest absolute Gasteiger partial charge is 0.395 e. The number of nitrogens with two attached hydrogens (primary N) is 1. The van der Waals surface area contributed by atoms with Gasteiger partial charge in [-0.05, 0) is 0 Å². The van der Waals surface area contributed by atoms with Crippen LogP contribution >= 0.6 is 25.0 Å². The molecule has 0 fully saturated rings. The molecule has 0 amide bonds. The molecule has 46 valence electrons. The summed E-state index contributed by atoms with van der Waals surface area (Å²) in [6.45, 7) is 0.513. The number of halogens is 1. The summed E-state index contributed by atoms with van der Waals surface area (Å²) in [5.74, 6) is 0. The van der Waals surface area contributed by atoms with Crippen LogP contribution in [0, 0.1) is 0 Å². The molecule has 0 aromatic heterocycles. The van der Waals surface area contributed by atoms with E-state index in [2.05, 4.69) is 12.6 Å². The minimum absolute atomic E-state index is 0. The third-order valence-electron chi connectivity index (χ3n) is 0.483. The lowest BCUT2D eigenvalue weighted by Gasteiger charge is -1.97. The Bertz CT molecular complexity index is 34.1. The number of hydrogen-bond donors (Lipinski definition) is 3. The Morgan fingerprint density at radius 1 is 1.71 bits per heavy atom. The molecule has 4 heteroatoms. The summed E-state index contributed by atoms with van der Waals surface area (Å²) < 4.78 is 0. The smallest absolute Gasteiger partial charge is 0.0559 e. The molecule has 0 spiro atoms. The third kappa shape index (κ3) is 6.56. The van der Waals surface area contributed by atoms with Gasteiger partial charge in [0.25, 0.3) is 0 Å². The Labute approximate surface area is 54.9 Å². The second kappa shape index (κ2) is 6.56. The van der Waals surface area contributed by atoms with E-state index in [1.54, 1.807) is 0 Å². The van der Waals surface area contributed by atoms with Gasteiger partial charge < -0.3 is 10.8 Å². The van der Waals surface area contributed by atoms with Gasteiger partial charge in [-0.15, -0.1) is 12.4 Å². The summed E-state index contributed by atoms with van der Waals surface area (Å²) in [7, 11) is 0. The zero-order chi connectivity index (χ0) is 4.99. The first-order chi connectivity index (χ1) is 2.81. The van der Waals surface area contributed by atoms with Gasteiger partial charge in [0.05, 0.1) is 6.61 Å². The molecule has 0 saturated carbocycles. The summed E-state index contributed by atoms with van der Waals surface area (Å²) in [5.41, 5.74) is 5.05. The summed E-state index contributed by atoms with van der Waals surface area (Å²) >= 11 is 3.85. The van der Waals surface area contributed by atoms with Crippen LogP contribution in [-0.4, -0.2) is 23.5 Å². The van der Waals surface area contributed by atoms with Crippen molar-refractivity contribution in [2.24, 2.45) is 5.73 Å². The average Bonchev–Trinajstić information content (AvgIpc) is 1.65. The van der Waals surface area contributed by atoms with Gasteiger partial charge in [-0.1, -0.05) is 0 Å². The van der Waals surface area contributed by atoms with Crippen LogP contribution in [0.25, 0.3) is 0 Å². The molecular formula is C3H10ClNOS. The number of aliphatic hydroxyl groups is 1. The van der Waals surface area contributed by atoms with E-state index in [0.29, 0.717) is 6.54 Å². The highest BCUT2D eigenvalue weighted by molar-refractivity contribution is 7.81. The fourth-order valence-electron chi connectivity index (χ4n) is 0.0745. The van der Waals surface area contributed by atoms with Gasteiger partial charge in [-0.3, -0.25) is 0 Å². The standard InChI is InChI=1S/C3H9NOS.ClH/c4-1-3(6)2-5;/h3,5-6H,1-2,4H2;1H. The first kappa shape index (κ1) is 10.5. The number of aliphatic hydroxyl groups excluding tert-OH is 1. The van der Waals surface area contributed by atoms with Gasteiger partial charge in [0.2, 0.25) is 0 Å². The topological polar surface area (TPSA) is 46.2 Å². The molecule has 1 unspecified atom stereocenters. The van der Waals surface area contributed by atoms with E-state index in [1.807, 2.05) is 0 Å². The highest BCUT2D eigenvalue weighted by Crippen LogP contribution is 1.85. The Morgan fingerprint density at radius 2 is 2.14 bits per heavy atom. The fourth-order valence-corrected chi connectivity index (χ4v) is 0.0745. The molecular weight excluding hydrogens is 134 g/mol. The maximum Gasteiger partial charge on any atom is 0.0559 e. The van der Waals surface area contributed by atoms with Crippen molar-refractivity contribution >= 4 is 25.0 Å². The van der Waals surface area contributed by atoms with Crippen molar-refractivity contribution < 1.29 is 5.11 Å². The molecule has 0 rings (SSSR count). The Hall–Kier alpha value is 0.560. The van der Waals surface area contributed by atoms with Gasteiger partial charge >= 0.3 is 0 Å². The number of hydrogen-bond acceptors (Lipinski definition) is 3. The molecule has 0 aromatic carbocycles. The molecule has 0 aliphatic heterocycles. The Kier molecular flexibility index (Phi) is 9.86. The summed E-state index contributed by atoms with van der Waals surface area (Å²) in [4.78, 5) is 0. The highest BCUT2D eigenvalue weighted by atomic mass is 35.5. The molecule has 0 aliphatic carbocycles. The van der Waals surface area contributed by atoms with E-state index in [9.17, 15) is 0 Å². The Morgan fingerprint density at radius 3 is 2.14 bits per heavy atom. The number of rotatable bonds is 2. The van der Waals surface area contributed by atoms with Crippen molar-refractivity contribution in [2.45, 2.75) is 5.25 Å². The lowest BCUT2D eigenvalue weighted by molar-refractivity contribution is 0.297. The van der Waals surface area contributed by atoms with Gasteiger partial charge in [-0.2, -0.15) is 12.6 Å². The molecule has 3 N–H and O–H groups in total. The summed E-state index contributed by atoms with van der Waals surface area (Å²) in [6.07, 6.45) is 0. The molecule has 0 saturated heterocycles. The number of thiol groups is 1. The molecule has 0 aliphatic rings. The molecule has 0 heterocycles. The fraction of sp³-hybridized carbons (Fsp3) is 1.00.